The van der Waals surface area contributed by atoms with Crippen molar-refractivity contribution in [1.29, 1.82) is 0 Å². The number of anilines is 1. The lowest BCUT2D eigenvalue weighted by molar-refractivity contribution is 0.0703. The molecule has 0 aliphatic rings. The van der Waals surface area contributed by atoms with Crippen LogP contribution in [0, 0.1) is 0 Å². The van der Waals surface area contributed by atoms with E-state index in [1.54, 1.807) is 17.4 Å². The predicted molar refractivity (Wildman–Crippen MR) is 66.7 cm³/mol. The maximum absolute atomic E-state index is 10.8. The number of nitrogens with two attached hydrogens (primary N) is 1. The highest BCUT2D eigenvalue weighted by molar-refractivity contribution is 9.10. The number of aromatic carboxylic acids is 1. The molecule has 2 aromatic rings. The van der Waals surface area contributed by atoms with E-state index in [0.717, 1.165) is 14.2 Å². The van der Waals surface area contributed by atoms with Crippen LogP contribution in [-0.4, -0.2) is 11.1 Å². The van der Waals surface area contributed by atoms with Crippen LogP contribution in [0.2, 0.25) is 0 Å². The number of hydrogen-bond donors (Lipinski definition) is 2. The Morgan fingerprint density at radius 2 is 2.13 bits per heavy atom. The molecule has 0 saturated carbocycles. The topological polar surface area (TPSA) is 63.3 Å². The first kappa shape index (κ1) is 10.7. The Hall–Kier alpha value is -0.850. The zero-order chi connectivity index (χ0) is 11.0. The highest BCUT2D eigenvalue weighted by atomic mass is 79.9. The van der Waals surface area contributed by atoms with E-state index in [1.165, 1.54) is 11.3 Å². The average molecular weight is 304 g/mol. The van der Waals surface area contributed by atoms with Crippen molar-refractivity contribution in [3.05, 3.63) is 26.9 Å². The van der Waals surface area contributed by atoms with Crippen molar-refractivity contribution in [3.63, 3.8) is 0 Å². The number of thiophene rings is 2. The molecule has 0 bridgehead atoms. The summed E-state index contributed by atoms with van der Waals surface area (Å²) in [6.45, 7) is 0. The van der Waals surface area contributed by atoms with Crippen molar-refractivity contribution in [2.24, 2.45) is 0 Å². The Morgan fingerprint density at radius 1 is 1.40 bits per heavy atom. The number of carboxylic acid groups (broad SMARTS) is 1. The molecule has 6 heteroatoms. The van der Waals surface area contributed by atoms with Gasteiger partial charge in [-0.15, -0.1) is 22.7 Å². The molecule has 78 valence electrons. The summed E-state index contributed by atoms with van der Waals surface area (Å²) >= 11 is 6.10. The van der Waals surface area contributed by atoms with Gasteiger partial charge >= 0.3 is 5.97 Å². The highest BCUT2D eigenvalue weighted by Gasteiger charge is 2.14. The predicted octanol–water partition coefficient (Wildman–Crippen LogP) is 3.52. The first-order valence-electron chi connectivity index (χ1n) is 3.95. The summed E-state index contributed by atoms with van der Waals surface area (Å²) in [4.78, 5) is 12.9. The minimum Gasteiger partial charge on any atom is -0.477 e. The molecule has 2 aromatic heterocycles. The number of carbonyl (C=O) groups is 1. The van der Waals surface area contributed by atoms with Crippen molar-refractivity contribution >= 4 is 50.3 Å². The molecular formula is C9H6BrNO2S2. The summed E-state index contributed by atoms with van der Waals surface area (Å²) in [5, 5.41) is 10.8. The molecule has 0 unspecified atom stereocenters. The summed E-state index contributed by atoms with van der Waals surface area (Å²) in [7, 11) is 0. The summed E-state index contributed by atoms with van der Waals surface area (Å²) < 4.78 is 0.992. The number of hydrogen-bond acceptors (Lipinski definition) is 4. The first-order valence-corrected chi connectivity index (χ1v) is 6.44. The normalized spacial score (nSPS) is 10.5. The molecule has 0 aliphatic heterocycles. The van der Waals surface area contributed by atoms with Gasteiger partial charge in [0.2, 0.25) is 0 Å². The zero-order valence-corrected chi connectivity index (χ0v) is 10.6. The maximum Gasteiger partial charge on any atom is 0.348 e. The summed E-state index contributed by atoms with van der Waals surface area (Å²) in [6, 6.07) is 3.65. The largest absolute Gasteiger partial charge is 0.477 e. The molecule has 0 aliphatic carbocycles. The molecular weight excluding hydrogens is 298 g/mol. The molecule has 0 atom stereocenters. The van der Waals surface area contributed by atoms with Gasteiger partial charge in [-0.1, -0.05) is 0 Å². The lowest BCUT2D eigenvalue weighted by atomic mass is 10.3. The van der Waals surface area contributed by atoms with Gasteiger partial charge in [-0.2, -0.15) is 0 Å². The van der Waals surface area contributed by atoms with Crippen molar-refractivity contribution in [3.8, 4) is 9.75 Å². The first-order chi connectivity index (χ1) is 7.08. The van der Waals surface area contributed by atoms with Gasteiger partial charge < -0.3 is 10.8 Å². The smallest absolute Gasteiger partial charge is 0.348 e. The average Bonchev–Trinajstić information content (AvgIpc) is 2.71. The van der Waals surface area contributed by atoms with Gasteiger partial charge in [-0.05, 0) is 28.1 Å². The minimum atomic E-state index is -0.973. The number of halogens is 1. The van der Waals surface area contributed by atoms with Crippen molar-refractivity contribution in [2.45, 2.75) is 0 Å². The van der Waals surface area contributed by atoms with Crippen LogP contribution in [0.1, 0.15) is 9.67 Å². The van der Waals surface area contributed by atoms with Crippen molar-refractivity contribution in [1.82, 2.24) is 0 Å². The van der Waals surface area contributed by atoms with Crippen LogP contribution in [0.25, 0.3) is 9.75 Å². The third-order valence-corrected chi connectivity index (χ3v) is 4.79. The van der Waals surface area contributed by atoms with Crippen LogP contribution in [-0.2, 0) is 0 Å². The Kier molecular flexibility index (Phi) is 2.81. The summed E-state index contributed by atoms with van der Waals surface area (Å²) in [6.07, 6.45) is 0. The Balaban J connectivity index is 2.46. The third-order valence-electron chi connectivity index (χ3n) is 1.77. The van der Waals surface area contributed by atoms with E-state index in [0.29, 0.717) is 5.69 Å². The second-order valence-electron chi connectivity index (χ2n) is 2.83. The Labute approximate surface area is 102 Å². The Morgan fingerprint density at radius 3 is 2.60 bits per heavy atom. The van der Waals surface area contributed by atoms with Crippen molar-refractivity contribution < 1.29 is 9.90 Å². The quantitative estimate of drug-likeness (QED) is 0.892. The molecule has 0 saturated heterocycles. The van der Waals surface area contributed by atoms with Crippen LogP contribution >= 0.6 is 38.6 Å². The molecule has 0 aromatic carbocycles. The molecule has 2 rings (SSSR count). The minimum absolute atomic E-state index is 0.203. The second kappa shape index (κ2) is 3.96. The van der Waals surface area contributed by atoms with E-state index in [-0.39, 0.29) is 4.88 Å². The van der Waals surface area contributed by atoms with E-state index in [4.69, 9.17) is 10.8 Å². The lowest BCUT2D eigenvalue weighted by Crippen LogP contribution is -1.96. The molecule has 3 nitrogen and oxygen atoms in total. The molecule has 3 N–H and O–H groups in total. The van der Waals surface area contributed by atoms with Crippen LogP contribution in [0.3, 0.4) is 0 Å². The van der Waals surface area contributed by atoms with Gasteiger partial charge in [0.1, 0.15) is 4.88 Å². The molecule has 15 heavy (non-hydrogen) atoms. The third kappa shape index (κ3) is 2.06. The van der Waals surface area contributed by atoms with E-state index < -0.39 is 5.97 Å². The van der Waals surface area contributed by atoms with Gasteiger partial charge in [0.05, 0.1) is 5.69 Å². The summed E-state index contributed by atoms with van der Waals surface area (Å²) in [5.74, 6) is -0.973. The fraction of sp³-hybridized carbons (Fsp3) is 0. The van der Waals surface area contributed by atoms with Crippen LogP contribution in [0.5, 0.6) is 0 Å². The lowest BCUT2D eigenvalue weighted by Gasteiger charge is -1.87. The number of nitrogen functional groups attached to an aromatic ring is 1. The number of rotatable bonds is 2. The summed E-state index contributed by atoms with van der Waals surface area (Å²) in [5.41, 5.74) is 5.93. The highest BCUT2D eigenvalue weighted by Crippen LogP contribution is 2.37. The van der Waals surface area contributed by atoms with E-state index in [9.17, 15) is 4.79 Å². The van der Waals surface area contributed by atoms with Crippen LogP contribution < -0.4 is 5.73 Å². The van der Waals surface area contributed by atoms with E-state index in [1.807, 2.05) is 11.4 Å². The van der Waals surface area contributed by atoms with Gasteiger partial charge in [0.25, 0.3) is 0 Å². The van der Waals surface area contributed by atoms with Gasteiger partial charge in [-0.25, -0.2) is 4.79 Å². The van der Waals surface area contributed by atoms with E-state index in [2.05, 4.69) is 15.9 Å². The standard InChI is InChI=1S/C9H6BrNO2S2/c10-4-1-6(14-3-4)7-2-5(11)8(15-7)9(12)13/h1-3H,11H2,(H,12,13). The fourth-order valence-electron chi connectivity index (χ4n) is 1.14. The molecule has 0 spiro atoms. The SMILES string of the molecule is Nc1cc(-c2cc(Br)cs2)sc1C(=O)O. The fourth-order valence-corrected chi connectivity index (χ4v) is 3.57. The Bertz CT molecular complexity index is 518. The second-order valence-corrected chi connectivity index (χ2v) is 5.71. The molecule has 2 heterocycles. The molecule has 0 fully saturated rings. The van der Waals surface area contributed by atoms with Crippen molar-refractivity contribution in [2.75, 3.05) is 5.73 Å². The van der Waals surface area contributed by atoms with Crippen LogP contribution in [0.15, 0.2) is 22.0 Å². The van der Waals surface area contributed by atoms with Crippen LogP contribution in [0.4, 0.5) is 5.69 Å². The molecule has 0 amide bonds. The van der Waals surface area contributed by atoms with Gasteiger partial charge in [0, 0.05) is 19.6 Å². The molecule has 0 radical (unpaired) electrons. The maximum atomic E-state index is 10.8. The van der Waals surface area contributed by atoms with E-state index >= 15 is 0 Å². The van der Waals surface area contributed by atoms with Gasteiger partial charge in [-0.3, -0.25) is 0 Å². The monoisotopic (exact) mass is 303 g/mol. The zero-order valence-electron chi connectivity index (χ0n) is 7.36. The number of carboxylic acids is 1. The van der Waals surface area contributed by atoms with Gasteiger partial charge in [0.15, 0.2) is 0 Å².